The number of esters is 1. The van der Waals surface area contributed by atoms with E-state index in [0.717, 1.165) is 24.8 Å². The molecular formula is C31H44N2O8. The summed E-state index contributed by atoms with van der Waals surface area (Å²) in [6.45, 7) is 4.19. The van der Waals surface area contributed by atoms with Crippen LogP contribution in [0.25, 0.3) is 0 Å². The summed E-state index contributed by atoms with van der Waals surface area (Å²) in [4.78, 5) is 16.4. The number of ether oxygens (including phenoxy) is 3. The zero-order valence-electron chi connectivity index (χ0n) is 24.1. The van der Waals surface area contributed by atoms with Crippen LogP contribution in [0.4, 0.5) is 0 Å². The van der Waals surface area contributed by atoms with Gasteiger partial charge in [0.15, 0.2) is 6.29 Å². The number of carbonyl (C=O) groups excluding carboxylic acids is 1. The maximum Gasteiger partial charge on any atom is 0.331 e. The normalized spacial score (nSPS) is 51.3. The van der Waals surface area contributed by atoms with Gasteiger partial charge in [0.05, 0.1) is 35.6 Å². The van der Waals surface area contributed by atoms with Crippen LogP contribution in [0.5, 0.6) is 0 Å². The molecule has 0 amide bonds. The molecule has 2 heterocycles. The van der Waals surface area contributed by atoms with Gasteiger partial charge in [-0.1, -0.05) is 6.92 Å². The second-order valence-electron chi connectivity index (χ2n) is 13.8. The SMILES string of the molecule is C[C@@H]1O[C@@H](O[C@@H]2CC[C@]3(C=NCC#N)[C@H]4CC[C@]5(C)[C@@H](C6=CC(=O)OC6)CC[C@@]5(O)[C@@H]4CC[C@]3(O)C2)C[C@@H](O)[C@@H]1O. The van der Waals surface area contributed by atoms with E-state index in [1.807, 2.05) is 6.21 Å². The molecule has 4 N–H and O–H groups in total. The van der Waals surface area contributed by atoms with Crippen molar-refractivity contribution in [3.05, 3.63) is 11.6 Å². The van der Waals surface area contributed by atoms with Crippen LogP contribution >= 0.6 is 0 Å². The monoisotopic (exact) mass is 572 g/mol. The zero-order chi connectivity index (χ0) is 29.2. The fraction of sp³-hybridized carbons (Fsp3) is 0.839. The topological polar surface area (TPSA) is 162 Å². The third kappa shape index (κ3) is 4.42. The zero-order valence-corrected chi connectivity index (χ0v) is 24.1. The van der Waals surface area contributed by atoms with Crippen LogP contribution in [0.1, 0.15) is 78.1 Å². The molecule has 10 heteroatoms. The number of carbonyl (C=O) groups is 1. The average Bonchev–Trinajstić information content (AvgIpc) is 3.47. The first kappa shape index (κ1) is 29.2. The lowest BCUT2D eigenvalue weighted by Crippen LogP contribution is -2.69. The van der Waals surface area contributed by atoms with Crippen molar-refractivity contribution >= 4 is 12.2 Å². The Morgan fingerprint density at radius 1 is 1.15 bits per heavy atom. The summed E-state index contributed by atoms with van der Waals surface area (Å²) in [5.41, 5.74) is -2.19. The van der Waals surface area contributed by atoms with Crippen LogP contribution in [-0.4, -0.2) is 87.7 Å². The molecule has 0 radical (unpaired) electrons. The van der Waals surface area contributed by atoms with Gasteiger partial charge in [0.1, 0.15) is 19.3 Å². The minimum atomic E-state index is -1.13. The lowest BCUT2D eigenvalue weighted by Gasteiger charge is -2.66. The highest BCUT2D eigenvalue weighted by atomic mass is 16.7. The van der Waals surface area contributed by atoms with Gasteiger partial charge in [-0.05, 0) is 81.6 Å². The first-order valence-corrected chi connectivity index (χ1v) is 15.3. The van der Waals surface area contributed by atoms with E-state index in [2.05, 4.69) is 18.0 Å². The van der Waals surface area contributed by atoms with Crippen LogP contribution in [0.3, 0.4) is 0 Å². The molecule has 41 heavy (non-hydrogen) atoms. The summed E-state index contributed by atoms with van der Waals surface area (Å²) in [7, 11) is 0. The highest BCUT2D eigenvalue weighted by molar-refractivity contribution is 5.85. The maximum absolute atomic E-state index is 12.5. The lowest BCUT2D eigenvalue weighted by atomic mass is 9.41. The van der Waals surface area contributed by atoms with E-state index in [9.17, 15) is 30.5 Å². The van der Waals surface area contributed by atoms with Gasteiger partial charge in [0, 0.05) is 36.0 Å². The quantitative estimate of drug-likeness (QED) is 0.167. The Balaban J connectivity index is 1.26. The Hall–Kier alpha value is -1.87. The molecule has 0 aromatic rings. The summed E-state index contributed by atoms with van der Waals surface area (Å²) < 4.78 is 17.3. The van der Waals surface area contributed by atoms with Crippen molar-refractivity contribution in [1.82, 2.24) is 0 Å². The minimum Gasteiger partial charge on any atom is -0.458 e. The van der Waals surface area contributed by atoms with Crippen molar-refractivity contribution in [3.8, 4) is 6.07 Å². The first-order chi connectivity index (χ1) is 19.5. The predicted molar refractivity (Wildman–Crippen MR) is 146 cm³/mol. The number of aliphatic hydroxyl groups excluding tert-OH is 2. The van der Waals surface area contributed by atoms with E-state index in [0.29, 0.717) is 45.1 Å². The van der Waals surface area contributed by atoms with Gasteiger partial charge in [-0.25, -0.2) is 4.79 Å². The van der Waals surface area contributed by atoms with Crippen LogP contribution in [0, 0.1) is 39.9 Å². The van der Waals surface area contributed by atoms with Crippen molar-refractivity contribution < 1.29 is 39.4 Å². The molecule has 2 aliphatic heterocycles. The Kier molecular flexibility index (Phi) is 7.40. The second kappa shape index (κ2) is 10.4. The van der Waals surface area contributed by atoms with E-state index in [-0.39, 0.29) is 42.8 Å². The molecule has 1 saturated heterocycles. The largest absolute Gasteiger partial charge is 0.458 e. The molecule has 4 aliphatic carbocycles. The fourth-order valence-corrected chi connectivity index (χ4v) is 10.0. The third-order valence-corrected chi connectivity index (χ3v) is 12.1. The number of hydrogen-bond acceptors (Lipinski definition) is 10. The maximum atomic E-state index is 12.5. The van der Waals surface area contributed by atoms with Crippen LogP contribution in [0.2, 0.25) is 0 Å². The van der Waals surface area contributed by atoms with E-state index in [1.165, 1.54) is 0 Å². The molecule has 6 rings (SSSR count). The molecule has 0 spiro atoms. The van der Waals surface area contributed by atoms with Crippen molar-refractivity contribution in [2.24, 2.45) is 33.6 Å². The summed E-state index contributed by atoms with van der Waals surface area (Å²) in [5, 5.41) is 54.5. The van der Waals surface area contributed by atoms with E-state index < -0.39 is 46.6 Å². The number of nitriles is 1. The van der Waals surface area contributed by atoms with Crippen LogP contribution in [0.15, 0.2) is 16.6 Å². The number of fused-ring (bicyclic) bond motifs is 5. The Labute approximate surface area is 241 Å². The van der Waals surface area contributed by atoms with E-state index in [1.54, 1.807) is 13.0 Å². The smallest absolute Gasteiger partial charge is 0.331 e. The van der Waals surface area contributed by atoms with Crippen molar-refractivity contribution in [3.63, 3.8) is 0 Å². The van der Waals surface area contributed by atoms with Crippen LogP contribution in [-0.2, 0) is 19.0 Å². The lowest BCUT2D eigenvalue weighted by molar-refractivity contribution is -0.282. The standard InChI is InChI=1S/C31H44N2O8/c1-18-27(36)24(34)14-26(40-18)41-20-3-8-29(17-33-12-11-32)22-4-7-28(2)21(19-13-25(35)39-16-19)6-10-31(28,38)23(22)5-9-30(29,37)15-20/h13,17-18,20-24,26-27,34,36-38H,3-10,12,14-16H2,1-2H3/t18-,20+,21+,22-,23+,24+,26-,27+,28+,29-,30-,31+/m0/s1. The second-order valence-corrected chi connectivity index (χ2v) is 13.8. The number of hydrogen-bond donors (Lipinski definition) is 4. The molecule has 0 bridgehead atoms. The minimum absolute atomic E-state index is 0.00933. The molecule has 0 aromatic heterocycles. The van der Waals surface area contributed by atoms with Crippen molar-refractivity contribution in [2.45, 2.75) is 120 Å². The Morgan fingerprint density at radius 3 is 2.63 bits per heavy atom. The number of rotatable bonds is 5. The summed E-state index contributed by atoms with van der Waals surface area (Å²) in [6, 6.07) is 2.09. The van der Waals surface area contributed by atoms with Crippen molar-refractivity contribution in [1.29, 1.82) is 5.26 Å². The highest BCUT2D eigenvalue weighted by Crippen LogP contribution is 2.70. The number of nitrogens with zero attached hydrogens (tertiary/aromatic N) is 2. The number of aliphatic hydroxyl groups is 4. The summed E-state index contributed by atoms with van der Waals surface area (Å²) in [6.07, 6.45) is 5.97. The Bertz CT molecular complexity index is 1140. The predicted octanol–water partition coefficient (Wildman–Crippen LogP) is 2.17. The fourth-order valence-electron chi connectivity index (χ4n) is 10.0. The number of aliphatic imine (C=N–C) groups is 1. The molecule has 10 nitrogen and oxygen atoms in total. The van der Waals surface area contributed by atoms with Gasteiger partial charge in [-0.15, -0.1) is 0 Å². The molecular weight excluding hydrogens is 528 g/mol. The first-order valence-electron chi connectivity index (χ1n) is 15.3. The van der Waals surface area contributed by atoms with Gasteiger partial charge < -0.3 is 34.6 Å². The highest BCUT2D eigenvalue weighted by Gasteiger charge is 2.71. The molecule has 0 aromatic carbocycles. The average molecular weight is 573 g/mol. The summed E-state index contributed by atoms with van der Waals surface area (Å²) in [5.74, 6) is -0.282. The molecule has 6 aliphatic rings. The van der Waals surface area contributed by atoms with Gasteiger partial charge in [-0.3, -0.25) is 4.99 Å². The van der Waals surface area contributed by atoms with Gasteiger partial charge in [0.25, 0.3) is 0 Å². The number of cyclic esters (lactones) is 1. The third-order valence-electron chi connectivity index (χ3n) is 12.1. The molecule has 4 saturated carbocycles. The van der Waals surface area contributed by atoms with Crippen molar-refractivity contribution in [2.75, 3.05) is 13.2 Å². The van der Waals surface area contributed by atoms with Gasteiger partial charge >= 0.3 is 5.97 Å². The molecule has 226 valence electrons. The molecule has 0 unspecified atom stereocenters. The Morgan fingerprint density at radius 2 is 1.93 bits per heavy atom. The van der Waals surface area contributed by atoms with Gasteiger partial charge in [-0.2, -0.15) is 5.26 Å². The molecule has 5 fully saturated rings. The van der Waals surface area contributed by atoms with Gasteiger partial charge in [0.2, 0.25) is 0 Å². The van der Waals surface area contributed by atoms with E-state index in [4.69, 9.17) is 14.2 Å². The van der Waals surface area contributed by atoms with Crippen LogP contribution < -0.4 is 0 Å². The van der Waals surface area contributed by atoms with E-state index >= 15 is 0 Å². The summed E-state index contributed by atoms with van der Waals surface area (Å²) >= 11 is 0. The molecule has 12 atom stereocenters.